The Kier molecular flexibility index (Phi) is 4.92. The number of urea groups is 1. The van der Waals surface area contributed by atoms with E-state index in [-0.39, 0.29) is 18.5 Å². The molecule has 0 bridgehead atoms. The standard InChI is InChI=1S/C23H20N2O2S/c1-28-20-14-12-17(13-15-20)16-25-21(26)23(24-22(25)27,18-8-4-2-5-9-18)19-10-6-3-7-11-19/h2-15H,16H2,1H3,(H,24,27). The van der Waals surface area contributed by atoms with Crippen molar-refractivity contribution in [3.63, 3.8) is 0 Å². The predicted molar refractivity (Wildman–Crippen MR) is 111 cm³/mol. The van der Waals surface area contributed by atoms with Gasteiger partial charge in [-0.05, 0) is 35.1 Å². The van der Waals surface area contributed by atoms with Crippen LogP contribution >= 0.6 is 11.8 Å². The first-order chi connectivity index (χ1) is 13.6. The summed E-state index contributed by atoms with van der Waals surface area (Å²) in [6.07, 6.45) is 2.01. The van der Waals surface area contributed by atoms with Gasteiger partial charge in [-0.2, -0.15) is 0 Å². The molecule has 0 atom stereocenters. The quantitative estimate of drug-likeness (QED) is 0.520. The highest BCUT2D eigenvalue weighted by Gasteiger charge is 2.53. The van der Waals surface area contributed by atoms with Crippen LogP contribution in [0.15, 0.2) is 89.8 Å². The Bertz CT molecular complexity index is 949. The molecule has 4 rings (SSSR count). The van der Waals surface area contributed by atoms with Crippen molar-refractivity contribution in [2.24, 2.45) is 0 Å². The lowest BCUT2D eigenvalue weighted by Crippen LogP contribution is -2.45. The Morgan fingerprint density at radius 2 is 1.36 bits per heavy atom. The number of rotatable bonds is 5. The highest BCUT2D eigenvalue weighted by atomic mass is 32.2. The first-order valence-electron chi connectivity index (χ1n) is 9.03. The summed E-state index contributed by atoms with van der Waals surface area (Å²) in [4.78, 5) is 28.9. The molecule has 0 radical (unpaired) electrons. The van der Waals surface area contributed by atoms with Crippen LogP contribution in [0.3, 0.4) is 0 Å². The van der Waals surface area contributed by atoms with E-state index in [4.69, 9.17) is 0 Å². The minimum atomic E-state index is -1.21. The lowest BCUT2D eigenvalue weighted by molar-refractivity contribution is -0.130. The molecule has 0 saturated carbocycles. The zero-order valence-corrected chi connectivity index (χ0v) is 16.3. The molecule has 4 nitrogen and oxygen atoms in total. The maximum absolute atomic E-state index is 13.6. The van der Waals surface area contributed by atoms with E-state index in [9.17, 15) is 9.59 Å². The Morgan fingerprint density at radius 3 is 1.86 bits per heavy atom. The molecular formula is C23H20N2O2S. The smallest absolute Gasteiger partial charge is 0.315 e. The van der Waals surface area contributed by atoms with Gasteiger partial charge in [0.1, 0.15) is 0 Å². The predicted octanol–water partition coefficient (Wildman–Crippen LogP) is 4.40. The largest absolute Gasteiger partial charge is 0.325 e. The van der Waals surface area contributed by atoms with Crippen molar-refractivity contribution in [1.82, 2.24) is 10.2 Å². The number of imide groups is 1. The molecule has 1 heterocycles. The molecule has 3 amide bonds. The van der Waals surface area contributed by atoms with Crippen LogP contribution in [0.2, 0.25) is 0 Å². The molecule has 1 fully saturated rings. The SMILES string of the molecule is CSc1ccc(CN2C(=O)NC(c3ccccc3)(c3ccccc3)C2=O)cc1. The van der Waals surface area contributed by atoms with Crippen LogP contribution in [-0.4, -0.2) is 23.1 Å². The Labute approximate surface area is 168 Å². The van der Waals surface area contributed by atoms with Crippen LogP contribution in [0.4, 0.5) is 4.79 Å². The number of thioether (sulfide) groups is 1. The van der Waals surface area contributed by atoms with Gasteiger partial charge in [-0.25, -0.2) is 4.79 Å². The van der Waals surface area contributed by atoms with Gasteiger partial charge in [0, 0.05) is 4.90 Å². The van der Waals surface area contributed by atoms with E-state index in [0.29, 0.717) is 0 Å². The molecule has 3 aromatic rings. The fraction of sp³-hybridized carbons (Fsp3) is 0.130. The van der Waals surface area contributed by atoms with Crippen LogP contribution in [0, 0.1) is 0 Å². The van der Waals surface area contributed by atoms with Crippen LogP contribution in [0.25, 0.3) is 0 Å². The number of hydrogen-bond donors (Lipinski definition) is 1. The minimum absolute atomic E-state index is 0.237. The van der Waals surface area contributed by atoms with Gasteiger partial charge in [-0.1, -0.05) is 72.8 Å². The van der Waals surface area contributed by atoms with Crippen molar-refractivity contribution in [3.8, 4) is 0 Å². The summed E-state index contributed by atoms with van der Waals surface area (Å²) in [5.74, 6) is -0.260. The lowest BCUT2D eigenvalue weighted by Gasteiger charge is -2.28. The molecule has 0 aromatic heterocycles. The summed E-state index contributed by atoms with van der Waals surface area (Å²) in [7, 11) is 0. The molecule has 5 heteroatoms. The topological polar surface area (TPSA) is 49.4 Å². The summed E-state index contributed by atoms with van der Waals surface area (Å²) in [5, 5.41) is 2.98. The molecule has 1 saturated heterocycles. The molecular weight excluding hydrogens is 368 g/mol. The van der Waals surface area contributed by atoms with E-state index >= 15 is 0 Å². The number of benzene rings is 3. The van der Waals surface area contributed by atoms with Gasteiger partial charge in [0.2, 0.25) is 0 Å². The zero-order valence-electron chi connectivity index (χ0n) is 15.5. The number of nitrogens with one attached hydrogen (secondary N) is 1. The Morgan fingerprint density at radius 1 is 0.821 bits per heavy atom. The average molecular weight is 388 g/mol. The van der Waals surface area contributed by atoms with E-state index in [1.54, 1.807) is 11.8 Å². The van der Waals surface area contributed by atoms with Gasteiger partial charge >= 0.3 is 6.03 Å². The van der Waals surface area contributed by atoms with E-state index in [0.717, 1.165) is 21.6 Å². The molecule has 0 spiro atoms. The van der Waals surface area contributed by atoms with Crippen molar-refractivity contribution in [1.29, 1.82) is 0 Å². The fourth-order valence-corrected chi connectivity index (χ4v) is 3.98. The minimum Gasteiger partial charge on any atom is -0.315 e. The first-order valence-corrected chi connectivity index (χ1v) is 10.3. The molecule has 1 N–H and O–H groups in total. The highest BCUT2D eigenvalue weighted by Crippen LogP contribution is 2.36. The second kappa shape index (κ2) is 7.52. The van der Waals surface area contributed by atoms with Gasteiger partial charge in [0.15, 0.2) is 5.54 Å². The van der Waals surface area contributed by atoms with Crippen LogP contribution < -0.4 is 5.32 Å². The lowest BCUT2D eigenvalue weighted by atomic mass is 9.82. The van der Waals surface area contributed by atoms with E-state index in [1.807, 2.05) is 91.2 Å². The maximum atomic E-state index is 13.6. The summed E-state index contributed by atoms with van der Waals surface area (Å²) >= 11 is 1.66. The van der Waals surface area contributed by atoms with Gasteiger partial charge in [0.25, 0.3) is 5.91 Å². The van der Waals surface area contributed by atoms with Crippen molar-refractivity contribution >= 4 is 23.7 Å². The van der Waals surface area contributed by atoms with Crippen molar-refractivity contribution in [3.05, 3.63) is 102 Å². The van der Waals surface area contributed by atoms with Crippen LogP contribution in [-0.2, 0) is 16.9 Å². The molecule has 28 heavy (non-hydrogen) atoms. The Balaban J connectivity index is 1.74. The van der Waals surface area contributed by atoms with Crippen molar-refractivity contribution in [2.45, 2.75) is 17.0 Å². The summed E-state index contributed by atoms with van der Waals surface area (Å²) in [6, 6.07) is 26.3. The van der Waals surface area contributed by atoms with E-state index < -0.39 is 5.54 Å². The Hall–Kier alpha value is -3.05. The molecule has 0 aliphatic carbocycles. The van der Waals surface area contributed by atoms with Crippen molar-refractivity contribution < 1.29 is 9.59 Å². The number of amides is 3. The van der Waals surface area contributed by atoms with Crippen LogP contribution in [0.1, 0.15) is 16.7 Å². The number of hydrogen-bond acceptors (Lipinski definition) is 3. The number of carbonyl (C=O) groups is 2. The molecule has 1 aliphatic heterocycles. The fourth-order valence-electron chi connectivity index (χ4n) is 3.57. The zero-order chi connectivity index (χ0) is 19.6. The van der Waals surface area contributed by atoms with Gasteiger partial charge in [-0.3, -0.25) is 9.69 Å². The van der Waals surface area contributed by atoms with Gasteiger partial charge in [0.05, 0.1) is 6.54 Å². The highest BCUT2D eigenvalue weighted by molar-refractivity contribution is 7.98. The van der Waals surface area contributed by atoms with E-state index in [2.05, 4.69) is 5.32 Å². The normalized spacial score (nSPS) is 15.5. The third-order valence-electron chi connectivity index (χ3n) is 5.02. The van der Waals surface area contributed by atoms with Crippen molar-refractivity contribution in [2.75, 3.05) is 6.26 Å². The third kappa shape index (κ3) is 3.08. The number of nitrogens with zero attached hydrogens (tertiary/aromatic N) is 1. The molecule has 0 unspecified atom stereocenters. The average Bonchev–Trinajstić information content (AvgIpc) is 3.01. The second-order valence-corrected chi connectivity index (χ2v) is 7.53. The molecule has 1 aliphatic rings. The molecule has 140 valence electrons. The third-order valence-corrected chi connectivity index (χ3v) is 5.76. The van der Waals surface area contributed by atoms with Gasteiger partial charge in [-0.15, -0.1) is 11.8 Å². The van der Waals surface area contributed by atoms with E-state index in [1.165, 1.54) is 4.90 Å². The summed E-state index contributed by atoms with van der Waals surface area (Å²) in [6.45, 7) is 0.237. The number of carbonyl (C=O) groups excluding carboxylic acids is 2. The summed E-state index contributed by atoms with van der Waals surface area (Å²) in [5.41, 5.74) is 1.21. The molecule has 3 aromatic carbocycles. The van der Waals surface area contributed by atoms with Gasteiger partial charge < -0.3 is 5.32 Å². The summed E-state index contributed by atoms with van der Waals surface area (Å²) < 4.78 is 0. The maximum Gasteiger partial charge on any atom is 0.325 e. The second-order valence-electron chi connectivity index (χ2n) is 6.65. The van der Waals surface area contributed by atoms with Crippen LogP contribution in [0.5, 0.6) is 0 Å². The first kappa shape index (κ1) is 18.3. The monoisotopic (exact) mass is 388 g/mol.